The van der Waals surface area contributed by atoms with Gasteiger partial charge in [-0.15, -0.1) is 0 Å². The average molecular weight is 514 g/mol. The minimum Gasteiger partial charge on any atom is -0.390 e. The van der Waals surface area contributed by atoms with Gasteiger partial charge in [0.15, 0.2) is 18.0 Å². The molecule has 2 aromatic rings. The number of ether oxygens (including phenoxy) is 2. The number of halogens is 3. The van der Waals surface area contributed by atoms with Crippen molar-refractivity contribution in [2.45, 2.75) is 61.9 Å². The molecule has 2 fully saturated rings. The van der Waals surface area contributed by atoms with Gasteiger partial charge >= 0.3 is 13.2 Å². The van der Waals surface area contributed by atoms with E-state index in [2.05, 4.69) is 25.1 Å². The van der Waals surface area contributed by atoms with Crippen LogP contribution < -0.4 is 5.32 Å². The standard InChI is InChI=1S/C17H23ClF2N5O7P/c18-16-23-13(22-8-3-1-2-4-8)9-5-21-25(14(9)24-16)15-11(19)12(27)10(32-15)6-31-17(20,7-26)33(28,29)30/h5,8,10-12,15,26-27H,1-4,6-7H2,(H,22,23,24)(H2,28,29,30)/t10-,11+,12-,15-,17?/m1/s1. The molecule has 0 bridgehead atoms. The Morgan fingerprint density at radius 2 is 2.06 bits per heavy atom. The molecule has 1 aliphatic heterocycles. The van der Waals surface area contributed by atoms with Gasteiger partial charge in [0, 0.05) is 6.04 Å². The monoisotopic (exact) mass is 513 g/mol. The Balaban J connectivity index is 1.56. The molecule has 0 radical (unpaired) electrons. The molecule has 1 saturated carbocycles. The molecule has 12 nitrogen and oxygen atoms in total. The van der Waals surface area contributed by atoms with Crippen molar-refractivity contribution in [2.24, 2.45) is 0 Å². The van der Waals surface area contributed by atoms with Crippen molar-refractivity contribution >= 4 is 36.0 Å². The third-order valence-electron chi connectivity index (χ3n) is 5.76. The van der Waals surface area contributed by atoms with Crippen LogP contribution in [-0.4, -0.2) is 83.0 Å². The van der Waals surface area contributed by atoms with Gasteiger partial charge in [-0.3, -0.25) is 4.57 Å². The van der Waals surface area contributed by atoms with Crippen molar-refractivity contribution in [2.75, 3.05) is 18.5 Å². The molecule has 1 unspecified atom stereocenters. The summed E-state index contributed by atoms with van der Waals surface area (Å²) >= 11 is 6.05. The second-order valence-corrected chi connectivity index (χ2v) is 10.1. The number of rotatable bonds is 8. The fourth-order valence-corrected chi connectivity index (χ4v) is 4.52. The smallest absolute Gasteiger partial charge is 0.390 e. The normalized spacial score (nSPS) is 28.5. The summed E-state index contributed by atoms with van der Waals surface area (Å²) in [5, 5.41) is 26.9. The van der Waals surface area contributed by atoms with Gasteiger partial charge in [0.25, 0.3) is 0 Å². The Morgan fingerprint density at radius 1 is 1.36 bits per heavy atom. The lowest BCUT2D eigenvalue weighted by Crippen LogP contribution is -2.38. The van der Waals surface area contributed by atoms with E-state index in [1.54, 1.807) is 0 Å². The first-order valence-electron chi connectivity index (χ1n) is 10.2. The molecule has 33 heavy (non-hydrogen) atoms. The number of aliphatic hydroxyl groups excluding tert-OH is 2. The second-order valence-electron chi connectivity index (χ2n) is 8.00. The van der Waals surface area contributed by atoms with Crippen LogP contribution in [0.2, 0.25) is 5.28 Å². The summed E-state index contributed by atoms with van der Waals surface area (Å²) in [4.78, 5) is 26.3. The predicted molar refractivity (Wildman–Crippen MR) is 110 cm³/mol. The van der Waals surface area contributed by atoms with E-state index in [-0.39, 0.29) is 17.0 Å². The van der Waals surface area contributed by atoms with Crippen LogP contribution in [0.15, 0.2) is 6.20 Å². The van der Waals surface area contributed by atoms with E-state index in [1.165, 1.54) is 6.20 Å². The quantitative estimate of drug-likeness (QED) is 0.254. The van der Waals surface area contributed by atoms with Crippen molar-refractivity contribution < 1.29 is 42.8 Å². The Kier molecular flexibility index (Phi) is 6.91. The van der Waals surface area contributed by atoms with E-state index in [0.29, 0.717) is 11.2 Å². The SMILES string of the molecule is O=P(O)(O)C(F)(CO)OC[C@H]1O[C@@H](n2ncc3c(NC4CCCC4)nc(Cl)nc32)[C@@H](F)[C@@H]1O. The highest BCUT2D eigenvalue weighted by Gasteiger charge is 2.52. The lowest BCUT2D eigenvalue weighted by molar-refractivity contribution is -0.158. The van der Waals surface area contributed by atoms with Crippen LogP contribution in [0.3, 0.4) is 0 Å². The Bertz CT molecular complexity index is 1050. The molecular formula is C17H23ClF2N5O7P. The Labute approximate surface area is 191 Å². The van der Waals surface area contributed by atoms with E-state index in [0.717, 1.165) is 30.4 Å². The molecular weight excluding hydrogens is 491 g/mol. The summed E-state index contributed by atoms with van der Waals surface area (Å²) in [6.45, 7) is -2.61. The van der Waals surface area contributed by atoms with E-state index in [9.17, 15) is 18.5 Å². The van der Waals surface area contributed by atoms with Crippen molar-refractivity contribution in [1.29, 1.82) is 0 Å². The molecule has 5 N–H and O–H groups in total. The molecule has 5 atom stereocenters. The molecule has 4 rings (SSSR count). The highest BCUT2D eigenvalue weighted by molar-refractivity contribution is 7.53. The minimum absolute atomic E-state index is 0.120. The van der Waals surface area contributed by atoms with Crippen LogP contribution in [-0.2, 0) is 14.0 Å². The van der Waals surface area contributed by atoms with Crippen LogP contribution >= 0.6 is 19.2 Å². The van der Waals surface area contributed by atoms with Crippen molar-refractivity contribution in [3.8, 4) is 0 Å². The average Bonchev–Trinajstić information content (AvgIpc) is 3.47. The van der Waals surface area contributed by atoms with Crippen molar-refractivity contribution in [3.05, 3.63) is 11.5 Å². The Hall–Kier alpha value is -1.51. The van der Waals surface area contributed by atoms with Crippen LogP contribution in [0.4, 0.5) is 14.6 Å². The van der Waals surface area contributed by atoms with E-state index in [4.69, 9.17) is 31.2 Å². The zero-order valence-corrected chi connectivity index (χ0v) is 18.7. The number of aliphatic hydroxyl groups is 2. The summed E-state index contributed by atoms with van der Waals surface area (Å²) in [7, 11) is -5.53. The van der Waals surface area contributed by atoms with E-state index in [1.807, 2.05) is 0 Å². The van der Waals surface area contributed by atoms with Gasteiger partial charge in [0.1, 0.15) is 24.6 Å². The molecule has 16 heteroatoms. The highest BCUT2D eigenvalue weighted by atomic mass is 35.5. The molecule has 2 aromatic heterocycles. The third-order valence-corrected chi connectivity index (χ3v) is 7.07. The lowest BCUT2D eigenvalue weighted by atomic mass is 10.1. The summed E-state index contributed by atoms with van der Waals surface area (Å²) in [6, 6.07) is 0.198. The van der Waals surface area contributed by atoms with Gasteiger partial charge in [0.05, 0.1) is 18.2 Å². The number of nitrogens with zero attached hydrogens (tertiary/aromatic N) is 4. The molecule has 0 aromatic carbocycles. The number of hydrogen-bond donors (Lipinski definition) is 5. The number of fused-ring (bicyclic) bond motifs is 1. The zero-order chi connectivity index (χ0) is 24.0. The van der Waals surface area contributed by atoms with E-state index >= 15 is 0 Å². The zero-order valence-electron chi connectivity index (χ0n) is 17.1. The largest absolute Gasteiger partial charge is 0.392 e. The van der Waals surface area contributed by atoms with Crippen LogP contribution in [0.5, 0.6) is 0 Å². The van der Waals surface area contributed by atoms with Gasteiger partial charge in [-0.05, 0) is 24.4 Å². The van der Waals surface area contributed by atoms with Crippen LogP contribution in [0, 0.1) is 0 Å². The summed E-state index contributed by atoms with van der Waals surface area (Å²) in [6.07, 6.45) is -1.48. The number of alkyl halides is 2. The molecule has 2 aliphatic rings. The highest BCUT2D eigenvalue weighted by Crippen LogP contribution is 2.52. The van der Waals surface area contributed by atoms with Gasteiger partial charge in [0.2, 0.25) is 5.28 Å². The van der Waals surface area contributed by atoms with E-state index < -0.39 is 51.0 Å². The number of anilines is 1. The fourth-order valence-electron chi connectivity index (χ4n) is 3.93. The predicted octanol–water partition coefficient (Wildman–Crippen LogP) is 1.24. The topological polar surface area (TPSA) is 172 Å². The summed E-state index contributed by atoms with van der Waals surface area (Å²) in [5.74, 6) is 0.420. The maximum absolute atomic E-state index is 14.9. The molecule has 1 aliphatic carbocycles. The lowest BCUT2D eigenvalue weighted by Gasteiger charge is -2.26. The molecule has 3 heterocycles. The Morgan fingerprint density at radius 3 is 2.70 bits per heavy atom. The van der Waals surface area contributed by atoms with Gasteiger partial charge in [-0.2, -0.15) is 19.5 Å². The second kappa shape index (κ2) is 9.27. The maximum Gasteiger partial charge on any atom is 0.392 e. The molecule has 1 saturated heterocycles. The van der Waals surface area contributed by atoms with Crippen LogP contribution in [0.25, 0.3) is 11.0 Å². The first-order chi connectivity index (χ1) is 15.5. The first kappa shape index (κ1) is 24.6. The number of hydrogen-bond acceptors (Lipinski definition) is 9. The third kappa shape index (κ3) is 4.71. The molecule has 0 spiro atoms. The van der Waals surface area contributed by atoms with Crippen molar-refractivity contribution in [3.63, 3.8) is 0 Å². The summed E-state index contributed by atoms with van der Waals surface area (Å²) < 4.78 is 51.3. The van der Waals surface area contributed by atoms with Gasteiger partial charge < -0.3 is 34.8 Å². The number of nitrogens with one attached hydrogen (secondary N) is 1. The van der Waals surface area contributed by atoms with Gasteiger partial charge in [-0.25, -0.2) is 9.07 Å². The van der Waals surface area contributed by atoms with Gasteiger partial charge in [-0.1, -0.05) is 12.8 Å². The van der Waals surface area contributed by atoms with Crippen LogP contribution in [0.1, 0.15) is 31.9 Å². The fraction of sp³-hybridized carbons (Fsp3) is 0.706. The minimum atomic E-state index is -5.53. The number of aromatic nitrogens is 4. The van der Waals surface area contributed by atoms with Crippen molar-refractivity contribution in [1.82, 2.24) is 19.7 Å². The maximum atomic E-state index is 14.9. The molecule has 0 amide bonds. The molecule has 184 valence electrons. The first-order valence-corrected chi connectivity index (χ1v) is 12.2. The summed E-state index contributed by atoms with van der Waals surface area (Å²) in [5.41, 5.74) is -3.60.